The van der Waals surface area contributed by atoms with Gasteiger partial charge in [-0.25, -0.2) is 0 Å². The number of carbonyl (C=O) groups excluding carboxylic acids is 2. The van der Waals surface area contributed by atoms with Gasteiger partial charge in [-0.1, -0.05) is 109 Å². The van der Waals surface area contributed by atoms with Gasteiger partial charge in [0.2, 0.25) is 5.75 Å². The Labute approximate surface area is 446 Å². The van der Waals surface area contributed by atoms with Crippen molar-refractivity contribution in [1.82, 2.24) is 24.9 Å². The van der Waals surface area contributed by atoms with Gasteiger partial charge in [-0.2, -0.15) is 0 Å². The van der Waals surface area contributed by atoms with Crippen LogP contribution in [0.3, 0.4) is 0 Å². The number of nitrogens with two attached hydrogens (primary N) is 1. The SMILES string of the molecule is CN1CCCC1CCN.CN1CCCC1CCNCc1ccc2ccccc2c1.COc1cc(C(=O)N(CCC2CCCN2C)Cc2ccc3ccccc3c2)cc(OC)c1OC.O=Cc1ccc2ccccc2c1. The summed E-state index contributed by atoms with van der Waals surface area (Å²) < 4.78 is 16.4. The zero-order chi connectivity index (χ0) is 52.9. The van der Waals surface area contributed by atoms with E-state index in [1.54, 1.807) is 33.5 Å². The number of hydrogen-bond acceptors (Lipinski definition) is 10. The van der Waals surface area contributed by atoms with Gasteiger partial charge in [0.05, 0.1) is 21.3 Å². The van der Waals surface area contributed by atoms with Crippen LogP contribution in [0.4, 0.5) is 0 Å². The fraction of sp³-hybridized carbons (Fsp3) is 0.406. The maximum atomic E-state index is 13.8. The predicted molar refractivity (Wildman–Crippen MR) is 310 cm³/mol. The lowest BCUT2D eigenvalue weighted by molar-refractivity contribution is 0.0728. The van der Waals surface area contributed by atoms with E-state index in [-0.39, 0.29) is 5.91 Å². The van der Waals surface area contributed by atoms with Crippen LogP contribution in [-0.4, -0.2) is 132 Å². The number of aldehydes is 1. The largest absolute Gasteiger partial charge is 0.493 e. The highest BCUT2D eigenvalue weighted by Crippen LogP contribution is 2.39. The van der Waals surface area contributed by atoms with E-state index in [0.29, 0.717) is 41.9 Å². The number of fused-ring (bicyclic) bond motifs is 3. The maximum absolute atomic E-state index is 13.8. The molecule has 0 aromatic heterocycles. The average Bonchev–Trinajstić information content (AvgIpc) is 4.20. The van der Waals surface area contributed by atoms with E-state index in [1.165, 1.54) is 97.0 Å². The first-order valence-electron chi connectivity index (χ1n) is 27.1. The van der Waals surface area contributed by atoms with Crippen LogP contribution < -0.4 is 25.3 Å². The first-order chi connectivity index (χ1) is 36.6. The number of hydrogen-bond donors (Lipinski definition) is 2. The molecule has 3 atom stereocenters. The molecule has 0 spiro atoms. The summed E-state index contributed by atoms with van der Waals surface area (Å²) in [5.41, 5.74) is 9.19. The quantitative estimate of drug-likeness (QED) is 0.0675. The maximum Gasteiger partial charge on any atom is 0.254 e. The first kappa shape index (κ1) is 56.4. The molecule has 3 fully saturated rings. The molecule has 0 aliphatic carbocycles. The monoisotopic (exact) mass is 1010 g/mol. The molecule has 7 aromatic rings. The Morgan fingerprint density at radius 2 is 1.05 bits per heavy atom. The van der Waals surface area contributed by atoms with Crippen molar-refractivity contribution in [2.45, 2.75) is 89.0 Å². The molecule has 3 heterocycles. The number of methoxy groups -OCH3 is 3. The molecule has 0 radical (unpaired) electrons. The number of likely N-dealkylation sites (tertiary alicyclic amines) is 3. The molecule has 11 nitrogen and oxygen atoms in total. The Hall–Kier alpha value is -6.34. The molecule has 75 heavy (non-hydrogen) atoms. The number of rotatable bonds is 17. The van der Waals surface area contributed by atoms with Crippen molar-refractivity contribution >= 4 is 44.5 Å². The van der Waals surface area contributed by atoms with Crippen LogP contribution in [0, 0.1) is 0 Å². The summed E-state index contributed by atoms with van der Waals surface area (Å²) >= 11 is 0. The zero-order valence-corrected chi connectivity index (χ0v) is 45.5. The fourth-order valence-corrected chi connectivity index (χ4v) is 10.9. The minimum Gasteiger partial charge on any atom is -0.493 e. The lowest BCUT2D eigenvalue weighted by Crippen LogP contribution is -2.35. The second-order valence-corrected chi connectivity index (χ2v) is 20.4. The van der Waals surface area contributed by atoms with E-state index in [1.807, 2.05) is 59.5 Å². The topological polar surface area (TPSA) is 113 Å². The molecule has 7 aromatic carbocycles. The van der Waals surface area contributed by atoms with Crippen LogP contribution >= 0.6 is 0 Å². The zero-order valence-electron chi connectivity index (χ0n) is 45.5. The first-order valence-corrected chi connectivity index (χ1v) is 27.1. The lowest BCUT2D eigenvalue weighted by Gasteiger charge is -2.27. The summed E-state index contributed by atoms with van der Waals surface area (Å²) in [6, 6.07) is 49.2. The number of amides is 1. The Bertz CT molecular complexity index is 2870. The van der Waals surface area contributed by atoms with Crippen molar-refractivity contribution in [3.05, 3.63) is 162 Å². The van der Waals surface area contributed by atoms with Crippen molar-refractivity contribution in [1.29, 1.82) is 0 Å². The Morgan fingerprint density at radius 1 is 0.587 bits per heavy atom. The van der Waals surface area contributed by atoms with Gasteiger partial charge in [-0.3, -0.25) is 9.59 Å². The standard InChI is InChI=1S/C28H34N2O4.C18H24N2.C11H8O.C7H16N2/c1-29-14-7-10-24(29)13-15-30(19-20-11-12-21-8-5-6-9-22(21)16-20)28(31)23-17-25(32-2)27(34-4)26(18-23)33-3;1-20-12-4-7-18(20)10-11-19-14-15-8-9-16-5-2-3-6-17(16)13-15;12-8-9-5-6-10-3-1-2-4-11(10)7-9;1-9-6-2-3-7(9)4-5-8/h5-6,8-9,11-12,16-18,24H,7,10,13-15,19H2,1-4H3;2-3,5-6,8-9,13,18-19H,4,7,10-12,14H2,1H3;1-8H;7H,2-6,8H2,1H3. The second-order valence-electron chi connectivity index (χ2n) is 20.4. The molecule has 3 N–H and O–H groups in total. The van der Waals surface area contributed by atoms with Crippen molar-refractivity contribution in [2.24, 2.45) is 5.73 Å². The van der Waals surface area contributed by atoms with E-state index >= 15 is 0 Å². The summed E-state index contributed by atoms with van der Waals surface area (Å²) in [6.45, 7) is 7.81. The number of benzene rings is 7. The van der Waals surface area contributed by atoms with E-state index in [0.717, 1.165) is 67.5 Å². The molecule has 3 aliphatic rings. The van der Waals surface area contributed by atoms with Gasteiger partial charge < -0.3 is 44.9 Å². The van der Waals surface area contributed by atoms with E-state index in [4.69, 9.17) is 19.9 Å². The molecule has 1 amide bonds. The van der Waals surface area contributed by atoms with Gasteiger partial charge in [0.1, 0.15) is 6.29 Å². The van der Waals surface area contributed by atoms with Crippen molar-refractivity contribution in [3.63, 3.8) is 0 Å². The minimum atomic E-state index is -0.0481. The molecule has 0 saturated carbocycles. The van der Waals surface area contributed by atoms with E-state index in [2.05, 4.69) is 114 Å². The molecule has 3 aliphatic heterocycles. The highest BCUT2D eigenvalue weighted by Gasteiger charge is 2.26. The molecule has 0 bridgehead atoms. The second kappa shape index (κ2) is 29.1. The van der Waals surface area contributed by atoms with Crippen LogP contribution in [0.1, 0.15) is 89.6 Å². The summed E-state index contributed by atoms with van der Waals surface area (Å²) in [4.78, 5) is 33.5. The fourth-order valence-electron chi connectivity index (χ4n) is 10.9. The molecule has 398 valence electrons. The third kappa shape index (κ3) is 16.1. The van der Waals surface area contributed by atoms with E-state index in [9.17, 15) is 9.59 Å². The van der Waals surface area contributed by atoms with E-state index < -0.39 is 0 Å². The van der Waals surface area contributed by atoms with Gasteiger partial charge >= 0.3 is 0 Å². The highest BCUT2D eigenvalue weighted by molar-refractivity contribution is 5.96. The van der Waals surface area contributed by atoms with Crippen molar-refractivity contribution in [3.8, 4) is 17.2 Å². The van der Waals surface area contributed by atoms with Gasteiger partial charge in [0.15, 0.2) is 11.5 Å². The number of nitrogens with one attached hydrogen (secondary N) is 1. The minimum absolute atomic E-state index is 0.0481. The molecule has 10 rings (SSSR count). The Balaban J connectivity index is 0.000000167. The van der Waals surface area contributed by atoms with Gasteiger partial charge in [-0.15, -0.1) is 0 Å². The van der Waals surface area contributed by atoms with Crippen LogP contribution in [0.25, 0.3) is 32.3 Å². The van der Waals surface area contributed by atoms with Crippen molar-refractivity contribution < 1.29 is 23.8 Å². The van der Waals surface area contributed by atoms with Crippen LogP contribution in [0.2, 0.25) is 0 Å². The smallest absolute Gasteiger partial charge is 0.254 e. The molecule has 3 unspecified atom stereocenters. The molecular formula is C64H82N6O5. The Morgan fingerprint density at radius 3 is 1.53 bits per heavy atom. The molecule has 11 heteroatoms. The summed E-state index contributed by atoms with van der Waals surface area (Å²) in [6.07, 6.45) is 12.1. The third-order valence-electron chi connectivity index (χ3n) is 15.3. The summed E-state index contributed by atoms with van der Waals surface area (Å²) in [5, 5.41) is 10.9. The predicted octanol–water partition coefficient (Wildman–Crippen LogP) is 11.5. The number of nitrogens with zero attached hydrogens (tertiary/aromatic N) is 4. The molecular weight excluding hydrogens is 933 g/mol. The van der Waals surface area contributed by atoms with Crippen LogP contribution in [0.15, 0.2) is 140 Å². The number of ether oxygens (including phenoxy) is 3. The van der Waals surface area contributed by atoms with Crippen LogP contribution in [-0.2, 0) is 13.1 Å². The Kier molecular flexibility index (Phi) is 21.9. The van der Waals surface area contributed by atoms with Gasteiger partial charge in [-0.05, 0) is 185 Å². The van der Waals surface area contributed by atoms with Crippen LogP contribution in [0.5, 0.6) is 17.2 Å². The van der Waals surface area contributed by atoms with Gasteiger partial charge in [0.25, 0.3) is 5.91 Å². The third-order valence-corrected chi connectivity index (χ3v) is 15.3. The highest BCUT2D eigenvalue weighted by atomic mass is 16.5. The lowest BCUT2D eigenvalue weighted by atomic mass is 10.1. The van der Waals surface area contributed by atoms with Gasteiger partial charge in [0, 0.05) is 48.9 Å². The normalized spacial score (nSPS) is 17.6. The summed E-state index contributed by atoms with van der Waals surface area (Å²) in [7, 11) is 11.3. The van der Waals surface area contributed by atoms with Crippen molar-refractivity contribution in [2.75, 3.05) is 81.7 Å². The summed E-state index contributed by atoms with van der Waals surface area (Å²) in [5.74, 6) is 1.39. The number of carbonyl (C=O) groups is 2. The average molecular weight is 1020 g/mol. The molecule has 3 saturated heterocycles.